The minimum Gasteiger partial charge on any atom is -0.339 e. The van der Waals surface area contributed by atoms with Crippen LogP contribution >= 0.6 is 0 Å². The van der Waals surface area contributed by atoms with E-state index in [1.54, 1.807) is 6.20 Å². The molecular formula is C18H22N2O. The lowest BCUT2D eigenvalue weighted by Gasteiger charge is -2.19. The average Bonchev–Trinajstić information content (AvgIpc) is 2.51. The quantitative estimate of drug-likeness (QED) is 0.853. The third-order valence-electron chi connectivity index (χ3n) is 3.95. The molecule has 0 aliphatic carbocycles. The van der Waals surface area contributed by atoms with Gasteiger partial charge in [-0.05, 0) is 50.5 Å². The van der Waals surface area contributed by atoms with Crippen LogP contribution in [0.2, 0.25) is 0 Å². The van der Waals surface area contributed by atoms with E-state index in [4.69, 9.17) is 0 Å². The summed E-state index contributed by atoms with van der Waals surface area (Å²) < 4.78 is 0. The zero-order valence-corrected chi connectivity index (χ0v) is 13.2. The molecule has 0 saturated carbocycles. The first-order valence-corrected chi connectivity index (χ1v) is 7.39. The molecule has 1 aromatic carbocycles. The fourth-order valence-corrected chi connectivity index (χ4v) is 2.46. The monoisotopic (exact) mass is 282 g/mol. The number of amides is 1. The molecule has 0 atom stereocenters. The van der Waals surface area contributed by atoms with Crippen molar-refractivity contribution in [2.24, 2.45) is 0 Å². The smallest absolute Gasteiger partial charge is 0.255 e. The zero-order valence-electron chi connectivity index (χ0n) is 13.2. The summed E-state index contributed by atoms with van der Waals surface area (Å²) in [5.41, 5.74) is 5.25. The van der Waals surface area contributed by atoms with Gasteiger partial charge in [-0.25, -0.2) is 0 Å². The highest BCUT2D eigenvalue weighted by molar-refractivity contribution is 5.95. The maximum absolute atomic E-state index is 12.4. The van der Waals surface area contributed by atoms with Crippen molar-refractivity contribution in [3.63, 3.8) is 0 Å². The van der Waals surface area contributed by atoms with Crippen molar-refractivity contribution < 1.29 is 4.79 Å². The van der Waals surface area contributed by atoms with Crippen LogP contribution in [0.25, 0.3) is 11.1 Å². The molecule has 2 aromatic rings. The summed E-state index contributed by atoms with van der Waals surface area (Å²) in [5, 5.41) is 0. The highest BCUT2D eigenvalue weighted by atomic mass is 16.2. The molecule has 0 fully saturated rings. The maximum atomic E-state index is 12.4. The van der Waals surface area contributed by atoms with Crippen molar-refractivity contribution in [3.8, 4) is 11.1 Å². The first-order valence-electron chi connectivity index (χ1n) is 7.39. The van der Waals surface area contributed by atoms with Crippen LogP contribution in [0.4, 0.5) is 0 Å². The minimum absolute atomic E-state index is 0.0413. The summed E-state index contributed by atoms with van der Waals surface area (Å²) in [6.07, 6.45) is 3.47. The van der Waals surface area contributed by atoms with Crippen LogP contribution in [0.3, 0.4) is 0 Å². The first kappa shape index (κ1) is 15.2. The molecule has 3 nitrogen and oxygen atoms in total. The van der Waals surface area contributed by atoms with Crippen LogP contribution in [0.15, 0.2) is 36.7 Å². The lowest BCUT2D eigenvalue weighted by Crippen LogP contribution is -2.30. The van der Waals surface area contributed by atoms with Gasteiger partial charge in [0.15, 0.2) is 0 Å². The van der Waals surface area contributed by atoms with Gasteiger partial charge in [-0.1, -0.05) is 18.2 Å². The normalized spacial score (nSPS) is 10.5. The van der Waals surface area contributed by atoms with Gasteiger partial charge in [0, 0.05) is 31.0 Å². The van der Waals surface area contributed by atoms with Gasteiger partial charge in [-0.3, -0.25) is 9.78 Å². The van der Waals surface area contributed by atoms with Crippen molar-refractivity contribution in [3.05, 3.63) is 53.3 Å². The molecule has 0 aliphatic heterocycles. The third kappa shape index (κ3) is 3.13. The second-order valence-corrected chi connectivity index (χ2v) is 5.19. The summed E-state index contributed by atoms with van der Waals surface area (Å²) in [4.78, 5) is 18.5. The second-order valence-electron chi connectivity index (χ2n) is 5.19. The summed E-state index contributed by atoms with van der Waals surface area (Å²) in [6, 6.07) is 8.15. The van der Waals surface area contributed by atoms with E-state index in [1.807, 2.05) is 37.1 Å². The Morgan fingerprint density at radius 3 is 2.52 bits per heavy atom. The Morgan fingerprint density at radius 2 is 1.86 bits per heavy atom. The third-order valence-corrected chi connectivity index (χ3v) is 3.95. The Kier molecular flexibility index (Phi) is 4.73. The Hall–Kier alpha value is -2.16. The highest BCUT2D eigenvalue weighted by Crippen LogP contribution is 2.25. The summed E-state index contributed by atoms with van der Waals surface area (Å²) >= 11 is 0. The molecule has 2 rings (SSSR count). The summed E-state index contributed by atoms with van der Waals surface area (Å²) in [6.45, 7) is 9.60. The number of aromatic nitrogens is 1. The highest BCUT2D eigenvalue weighted by Gasteiger charge is 2.14. The van der Waals surface area contributed by atoms with Gasteiger partial charge in [0.05, 0.1) is 5.56 Å². The van der Waals surface area contributed by atoms with E-state index in [2.05, 4.69) is 31.0 Å². The number of pyridine rings is 1. The van der Waals surface area contributed by atoms with E-state index < -0.39 is 0 Å². The molecule has 21 heavy (non-hydrogen) atoms. The van der Waals surface area contributed by atoms with Crippen LogP contribution < -0.4 is 0 Å². The van der Waals surface area contributed by atoms with E-state index in [0.717, 1.165) is 11.1 Å². The molecule has 0 saturated heterocycles. The predicted molar refractivity (Wildman–Crippen MR) is 86.4 cm³/mol. The van der Waals surface area contributed by atoms with Gasteiger partial charge in [0.2, 0.25) is 0 Å². The van der Waals surface area contributed by atoms with Crippen molar-refractivity contribution in [1.82, 2.24) is 9.88 Å². The molecule has 1 aromatic heterocycles. The van der Waals surface area contributed by atoms with Gasteiger partial charge in [0.25, 0.3) is 5.91 Å². The fraction of sp³-hybridized carbons (Fsp3) is 0.333. The summed E-state index contributed by atoms with van der Waals surface area (Å²) in [5.74, 6) is 0.0413. The SMILES string of the molecule is CCN(CC)C(=O)c1cncc(-c2cccc(C)c2C)c1. The number of aryl methyl sites for hydroxylation is 1. The van der Waals surface area contributed by atoms with Crippen molar-refractivity contribution in [1.29, 1.82) is 0 Å². The number of carbonyl (C=O) groups is 1. The van der Waals surface area contributed by atoms with Crippen molar-refractivity contribution >= 4 is 5.91 Å². The molecule has 0 aliphatic rings. The van der Waals surface area contributed by atoms with Crippen molar-refractivity contribution in [2.75, 3.05) is 13.1 Å². The first-order chi connectivity index (χ1) is 10.1. The molecule has 3 heteroatoms. The zero-order chi connectivity index (χ0) is 15.4. The lowest BCUT2D eigenvalue weighted by molar-refractivity contribution is 0.0772. The predicted octanol–water partition coefficient (Wildman–Crippen LogP) is 3.85. The lowest BCUT2D eigenvalue weighted by atomic mass is 9.97. The van der Waals surface area contributed by atoms with Crippen LogP contribution in [0, 0.1) is 13.8 Å². The molecule has 0 bridgehead atoms. The van der Waals surface area contributed by atoms with E-state index in [1.165, 1.54) is 11.1 Å². The Balaban J connectivity index is 2.42. The number of rotatable bonds is 4. The van der Waals surface area contributed by atoms with E-state index in [-0.39, 0.29) is 5.91 Å². The standard InChI is InChI=1S/C18H22N2O/c1-5-20(6-2)18(21)16-10-15(11-19-12-16)17-9-7-8-13(3)14(17)4/h7-12H,5-6H2,1-4H3. The Bertz CT molecular complexity index is 645. The van der Waals surface area contributed by atoms with Gasteiger partial charge in [-0.2, -0.15) is 0 Å². The van der Waals surface area contributed by atoms with Crippen LogP contribution in [-0.2, 0) is 0 Å². The minimum atomic E-state index is 0.0413. The molecular weight excluding hydrogens is 260 g/mol. The number of nitrogens with zero attached hydrogens (tertiary/aromatic N) is 2. The van der Waals surface area contributed by atoms with E-state index in [9.17, 15) is 4.79 Å². The topological polar surface area (TPSA) is 33.2 Å². The number of hydrogen-bond donors (Lipinski definition) is 0. The molecule has 1 heterocycles. The van der Waals surface area contributed by atoms with Crippen LogP contribution in [0.1, 0.15) is 35.3 Å². The van der Waals surface area contributed by atoms with Gasteiger partial charge in [-0.15, -0.1) is 0 Å². The molecule has 0 N–H and O–H groups in total. The van der Waals surface area contributed by atoms with E-state index in [0.29, 0.717) is 18.7 Å². The number of carbonyl (C=O) groups excluding carboxylic acids is 1. The van der Waals surface area contributed by atoms with Crippen LogP contribution in [0.5, 0.6) is 0 Å². The molecule has 0 spiro atoms. The number of hydrogen-bond acceptors (Lipinski definition) is 2. The van der Waals surface area contributed by atoms with Crippen molar-refractivity contribution in [2.45, 2.75) is 27.7 Å². The largest absolute Gasteiger partial charge is 0.339 e. The number of benzene rings is 1. The second kappa shape index (κ2) is 6.53. The fourth-order valence-electron chi connectivity index (χ4n) is 2.46. The maximum Gasteiger partial charge on any atom is 0.255 e. The summed E-state index contributed by atoms with van der Waals surface area (Å²) in [7, 11) is 0. The average molecular weight is 282 g/mol. The van der Waals surface area contributed by atoms with Crippen LogP contribution in [-0.4, -0.2) is 28.9 Å². The van der Waals surface area contributed by atoms with Gasteiger partial charge in [0.1, 0.15) is 0 Å². The molecule has 1 amide bonds. The van der Waals surface area contributed by atoms with E-state index >= 15 is 0 Å². The van der Waals surface area contributed by atoms with Gasteiger partial charge < -0.3 is 4.90 Å². The Labute approximate surface area is 126 Å². The molecule has 0 radical (unpaired) electrons. The Morgan fingerprint density at radius 1 is 1.14 bits per heavy atom. The molecule has 110 valence electrons. The molecule has 0 unspecified atom stereocenters. The van der Waals surface area contributed by atoms with Gasteiger partial charge >= 0.3 is 0 Å².